The Hall–Kier alpha value is -1.83. The molecule has 1 atom stereocenters. The predicted molar refractivity (Wildman–Crippen MR) is 115 cm³/mol. The summed E-state index contributed by atoms with van der Waals surface area (Å²) in [5.74, 6) is 0.869. The molecule has 3 rings (SSSR count). The van der Waals surface area contributed by atoms with Crippen LogP contribution in [0.1, 0.15) is 55.8 Å². The van der Waals surface area contributed by atoms with Crippen molar-refractivity contribution >= 4 is 5.91 Å². The molecule has 2 N–H and O–H groups in total. The highest BCUT2D eigenvalue weighted by molar-refractivity contribution is 5.97. The summed E-state index contributed by atoms with van der Waals surface area (Å²) >= 11 is 0. The molecule has 1 amide bonds. The van der Waals surface area contributed by atoms with Gasteiger partial charge in [-0.15, -0.1) is 0 Å². The summed E-state index contributed by atoms with van der Waals surface area (Å²) in [7, 11) is 1.57. The van der Waals surface area contributed by atoms with Gasteiger partial charge in [0.1, 0.15) is 17.6 Å². The molecule has 1 aromatic rings. The number of benzene rings is 1. The van der Waals surface area contributed by atoms with Crippen molar-refractivity contribution in [3.05, 3.63) is 23.8 Å². The highest BCUT2D eigenvalue weighted by Gasteiger charge is 2.28. The number of amides is 1. The first-order chi connectivity index (χ1) is 14.6. The third kappa shape index (κ3) is 6.33. The van der Waals surface area contributed by atoms with Crippen molar-refractivity contribution in [2.24, 2.45) is 0 Å². The number of likely N-dealkylation sites (tertiary alicyclic amines) is 1. The van der Waals surface area contributed by atoms with Crippen LogP contribution in [0.25, 0.3) is 0 Å². The highest BCUT2D eigenvalue weighted by Crippen LogP contribution is 2.30. The molecular formula is C23H36N2O5. The first-order valence-electron chi connectivity index (χ1n) is 11.2. The summed E-state index contributed by atoms with van der Waals surface area (Å²) in [4.78, 5) is 15.4. The van der Waals surface area contributed by atoms with E-state index in [-0.39, 0.29) is 25.2 Å². The Labute approximate surface area is 179 Å². The Balaban J connectivity index is 1.58. The maximum Gasteiger partial charge on any atom is 0.255 e. The fraction of sp³-hybridized carbons (Fsp3) is 0.696. The van der Waals surface area contributed by atoms with Gasteiger partial charge in [-0.25, -0.2) is 0 Å². The van der Waals surface area contributed by atoms with Crippen molar-refractivity contribution in [2.75, 3.05) is 40.0 Å². The van der Waals surface area contributed by atoms with E-state index in [2.05, 4.69) is 10.2 Å². The predicted octanol–water partition coefficient (Wildman–Crippen LogP) is 2.61. The number of methoxy groups -OCH3 is 1. The number of piperidine rings is 1. The van der Waals surface area contributed by atoms with Crippen LogP contribution >= 0.6 is 0 Å². The number of rotatable bonds is 10. The van der Waals surface area contributed by atoms with Crippen LogP contribution in [0.15, 0.2) is 18.2 Å². The fourth-order valence-electron chi connectivity index (χ4n) is 4.34. The molecule has 1 saturated heterocycles. The number of aliphatic hydroxyl groups excluding tert-OH is 1. The average Bonchev–Trinajstić information content (AvgIpc) is 3.31. The van der Waals surface area contributed by atoms with Gasteiger partial charge in [0.2, 0.25) is 0 Å². The van der Waals surface area contributed by atoms with Crippen molar-refractivity contribution in [1.82, 2.24) is 10.2 Å². The van der Waals surface area contributed by atoms with E-state index in [9.17, 15) is 9.90 Å². The Morgan fingerprint density at radius 3 is 2.63 bits per heavy atom. The van der Waals surface area contributed by atoms with Crippen molar-refractivity contribution in [3.8, 4) is 11.5 Å². The number of hydrogen-bond acceptors (Lipinski definition) is 6. The summed E-state index contributed by atoms with van der Waals surface area (Å²) < 4.78 is 16.7. The van der Waals surface area contributed by atoms with Crippen LogP contribution in [0.3, 0.4) is 0 Å². The van der Waals surface area contributed by atoms with Crippen molar-refractivity contribution in [3.63, 3.8) is 0 Å². The SMILES string of the molecule is CCOCC(O)CNC(=O)c1cc(OC)ccc1OC1CCN(C2CCCC2)CC1. The zero-order valence-electron chi connectivity index (χ0n) is 18.3. The van der Waals surface area contributed by atoms with Crippen LogP contribution in [0.5, 0.6) is 11.5 Å². The van der Waals surface area contributed by atoms with Gasteiger partial charge in [-0.05, 0) is 50.8 Å². The van der Waals surface area contributed by atoms with Crippen LogP contribution in [0.2, 0.25) is 0 Å². The zero-order chi connectivity index (χ0) is 21.3. The van der Waals surface area contributed by atoms with Gasteiger partial charge in [0, 0.05) is 32.3 Å². The number of aliphatic hydroxyl groups is 1. The maximum absolute atomic E-state index is 12.8. The molecule has 2 fully saturated rings. The van der Waals surface area contributed by atoms with E-state index >= 15 is 0 Å². The van der Waals surface area contributed by atoms with Gasteiger partial charge in [-0.3, -0.25) is 4.79 Å². The Kier molecular flexibility index (Phi) is 8.78. The minimum absolute atomic E-state index is 0.103. The molecule has 0 aromatic heterocycles. The van der Waals surface area contributed by atoms with Gasteiger partial charge < -0.3 is 29.5 Å². The van der Waals surface area contributed by atoms with Crippen LogP contribution in [0.4, 0.5) is 0 Å². The number of carbonyl (C=O) groups excluding carboxylic acids is 1. The van der Waals surface area contributed by atoms with Crippen molar-refractivity contribution < 1.29 is 24.1 Å². The molecule has 1 aliphatic heterocycles. The molecule has 1 aromatic carbocycles. The molecule has 7 nitrogen and oxygen atoms in total. The third-order valence-corrected chi connectivity index (χ3v) is 6.06. The van der Waals surface area contributed by atoms with Crippen molar-refractivity contribution in [1.29, 1.82) is 0 Å². The molecule has 30 heavy (non-hydrogen) atoms. The highest BCUT2D eigenvalue weighted by atomic mass is 16.5. The fourth-order valence-corrected chi connectivity index (χ4v) is 4.34. The minimum atomic E-state index is -0.746. The molecule has 1 heterocycles. The van der Waals surface area contributed by atoms with E-state index in [1.54, 1.807) is 19.2 Å². The normalized spacial score (nSPS) is 19.6. The van der Waals surface area contributed by atoms with Gasteiger partial charge >= 0.3 is 0 Å². The molecule has 2 aliphatic rings. The number of ether oxygens (including phenoxy) is 3. The lowest BCUT2D eigenvalue weighted by Crippen LogP contribution is -2.43. The molecule has 1 unspecified atom stereocenters. The van der Waals surface area contributed by atoms with Gasteiger partial charge in [-0.2, -0.15) is 0 Å². The molecule has 1 saturated carbocycles. The summed E-state index contributed by atoms with van der Waals surface area (Å²) in [6.07, 6.45) is 6.64. The second-order valence-corrected chi connectivity index (χ2v) is 8.18. The van der Waals surface area contributed by atoms with E-state index in [0.29, 0.717) is 23.7 Å². The lowest BCUT2D eigenvalue weighted by molar-refractivity contribution is 0.0417. The largest absolute Gasteiger partial charge is 0.497 e. The van der Waals surface area contributed by atoms with Crippen LogP contribution in [-0.4, -0.2) is 74.1 Å². The molecule has 0 radical (unpaired) electrons. The molecule has 0 spiro atoms. The Morgan fingerprint density at radius 2 is 1.97 bits per heavy atom. The average molecular weight is 421 g/mol. The number of nitrogens with one attached hydrogen (secondary N) is 1. The smallest absolute Gasteiger partial charge is 0.255 e. The Morgan fingerprint density at radius 1 is 1.23 bits per heavy atom. The second kappa shape index (κ2) is 11.5. The zero-order valence-corrected chi connectivity index (χ0v) is 18.3. The Bertz CT molecular complexity index is 670. The first kappa shape index (κ1) is 22.8. The van der Waals surface area contributed by atoms with Crippen LogP contribution < -0.4 is 14.8 Å². The van der Waals surface area contributed by atoms with Crippen LogP contribution in [0, 0.1) is 0 Å². The monoisotopic (exact) mass is 420 g/mol. The third-order valence-electron chi connectivity index (χ3n) is 6.06. The first-order valence-corrected chi connectivity index (χ1v) is 11.2. The maximum atomic E-state index is 12.8. The lowest BCUT2D eigenvalue weighted by Gasteiger charge is -2.36. The van der Waals surface area contributed by atoms with Gasteiger partial charge in [0.15, 0.2) is 0 Å². The molecule has 168 valence electrons. The second-order valence-electron chi connectivity index (χ2n) is 8.18. The van der Waals surface area contributed by atoms with Crippen molar-refractivity contribution in [2.45, 2.75) is 63.7 Å². The summed E-state index contributed by atoms with van der Waals surface area (Å²) in [5.41, 5.74) is 0.427. The van der Waals surface area contributed by atoms with E-state index in [1.807, 2.05) is 13.0 Å². The standard InChI is InChI=1S/C23H36N2O5/c1-3-29-16-18(26)15-24-23(27)21-14-20(28-2)8-9-22(21)30-19-10-12-25(13-11-19)17-6-4-5-7-17/h8-9,14,17-19,26H,3-7,10-13,15-16H2,1-2H3,(H,24,27). The molecule has 0 bridgehead atoms. The van der Waals surface area contributed by atoms with Gasteiger partial charge in [-0.1, -0.05) is 12.8 Å². The van der Waals surface area contributed by atoms with E-state index in [0.717, 1.165) is 32.0 Å². The molecule has 7 heteroatoms. The van der Waals surface area contributed by atoms with E-state index < -0.39 is 6.10 Å². The number of nitrogens with zero attached hydrogens (tertiary/aromatic N) is 1. The molecular weight excluding hydrogens is 384 g/mol. The summed E-state index contributed by atoms with van der Waals surface area (Å²) in [6.45, 7) is 4.81. The minimum Gasteiger partial charge on any atom is -0.497 e. The topological polar surface area (TPSA) is 80.3 Å². The quantitative estimate of drug-likeness (QED) is 0.606. The van der Waals surface area contributed by atoms with Crippen LogP contribution in [-0.2, 0) is 4.74 Å². The number of hydrogen-bond donors (Lipinski definition) is 2. The number of carbonyl (C=O) groups is 1. The van der Waals surface area contributed by atoms with Gasteiger partial charge in [0.25, 0.3) is 5.91 Å². The lowest BCUT2D eigenvalue weighted by atomic mass is 10.0. The van der Waals surface area contributed by atoms with Gasteiger partial charge in [0.05, 0.1) is 25.4 Å². The summed E-state index contributed by atoms with van der Waals surface area (Å²) in [5, 5.41) is 12.7. The van der Waals surface area contributed by atoms with E-state index in [4.69, 9.17) is 14.2 Å². The van der Waals surface area contributed by atoms with E-state index in [1.165, 1.54) is 25.7 Å². The summed E-state index contributed by atoms with van der Waals surface area (Å²) in [6, 6.07) is 6.04. The molecule has 1 aliphatic carbocycles.